The van der Waals surface area contributed by atoms with Crippen LogP contribution in [-0.4, -0.2) is 39.2 Å². The van der Waals surface area contributed by atoms with Crippen LogP contribution in [0.4, 0.5) is 0 Å². The second kappa shape index (κ2) is 6.87. The van der Waals surface area contributed by atoms with Crippen LogP contribution < -0.4 is 5.32 Å². The lowest BCUT2D eigenvalue weighted by atomic mass is 9.58. The van der Waals surface area contributed by atoms with Crippen molar-refractivity contribution in [2.75, 3.05) is 13.7 Å². The van der Waals surface area contributed by atoms with Gasteiger partial charge in [0.15, 0.2) is 0 Å². The molecule has 2 aromatic heterocycles. The van der Waals surface area contributed by atoms with E-state index in [2.05, 4.69) is 28.5 Å². The van der Waals surface area contributed by atoms with E-state index in [9.17, 15) is 4.79 Å². The molecule has 7 heteroatoms. The highest BCUT2D eigenvalue weighted by atomic mass is 16.5. The van der Waals surface area contributed by atoms with Crippen LogP contribution in [0.1, 0.15) is 37.6 Å². The number of aromatic nitrogens is 4. The Hall–Kier alpha value is -2.15. The lowest BCUT2D eigenvalue weighted by Gasteiger charge is -2.46. The summed E-state index contributed by atoms with van der Waals surface area (Å²) in [6, 6.07) is 4.05. The monoisotopic (exact) mass is 357 g/mol. The molecule has 0 aromatic carbocycles. The van der Waals surface area contributed by atoms with Gasteiger partial charge in [-0.05, 0) is 44.2 Å². The molecule has 0 aliphatic heterocycles. The first-order valence-corrected chi connectivity index (χ1v) is 9.49. The number of aryl methyl sites for hydroxylation is 1. The first-order chi connectivity index (χ1) is 12.7. The van der Waals surface area contributed by atoms with Crippen LogP contribution in [-0.2, 0) is 34.6 Å². The zero-order valence-electron chi connectivity index (χ0n) is 15.5. The highest BCUT2D eigenvalue weighted by molar-refractivity contribution is 5.82. The first-order valence-electron chi connectivity index (χ1n) is 9.49. The number of methoxy groups -OCH3 is 1. The van der Waals surface area contributed by atoms with Crippen LogP contribution in [0.3, 0.4) is 0 Å². The Kier molecular flexibility index (Phi) is 4.56. The molecular weight excluding hydrogens is 330 g/mol. The summed E-state index contributed by atoms with van der Waals surface area (Å²) in [7, 11) is 1.70. The van der Waals surface area contributed by atoms with E-state index in [4.69, 9.17) is 4.74 Å². The van der Waals surface area contributed by atoms with Crippen LogP contribution in [0.2, 0.25) is 0 Å². The molecular formula is C19H27N5O2. The number of fused-ring (bicyclic) bond motifs is 1. The Labute approximate surface area is 153 Å². The molecule has 1 amide bonds. The smallest absolute Gasteiger partial charge is 0.224 e. The summed E-state index contributed by atoms with van der Waals surface area (Å²) in [4.78, 5) is 13.0. The Morgan fingerprint density at radius 1 is 1.46 bits per heavy atom. The van der Waals surface area contributed by atoms with Crippen LogP contribution in [0.15, 0.2) is 24.5 Å². The maximum Gasteiger partial charge on any atom is 0.224 e. The first kappa shape index (κ1) is 17.3. The minimum atomic E-state index is -0.0538. The third kappa shape index (κ3) is 2.74. The third-order valence-electron chi connectivity index (χ3n) is 6.13. The molecule has 1 N–H and O–H groups in total. The van der Waals surface area contributed by atoms with Gasteiger partial charge in [-0.2, -0.15) is 10.2 Å². The molecule has 0 saturated heterocycles. The number of hydrogen-bond acceptors (Lipinski definition) is 4. The predicted octanol–water partition coefficient (Wildman–Crippen LogP) is 1.73. The fraction of sp³-hybridized carbons (Fsp3) is 0.632. The molecule has 3 aliphatic carbocycles. The molecule has 7 nitrogen and oxygen atoms in total. The van der Waals surface area contributed by atoms with Gasteiger partial charge in [0.2, 0.25) is 5.91 Å². The Morgan fingerprint density at radius 3 is 3.08 bits per heavy atom. The average molecular weight is 357 g/mol. The summed E-state index contributed by atoms with van der Waals surface area (Å²) in [6.07, 6.45) is 7.08. The number of carbonyl (C=O) groups is 1. The van der Waals surface area contributed by atoms with E-state index in [1.165, 1.54) is 5.69 Å². The number of nitrogens with one attached hydrogen (secondary N) is 1. The molecule has 3 aliphatic rings. The molecule has 3 fully saturated rings. The predicted molar refractivity (Wildman–Crippen MR) is 96.4 cm³/mol. The number of rotatable bonds is 8. The van der Waals surface area contributed by atoms with Gasteiger partial charge in [0, 0.05) is 37.2 Å². The molecule has 0 radical (unpaired) electrons. The summed E-state index contributed by atoms with van der Waals surface area (Å²) in [5.74, 6) is 0.701. The highest BCUT2D eigenvalue weighted by Crippen LogP contribution is 2.63. The van der Waals surface area contributed by atoms with Crippen molar-refractivity contribution in [3.63, 3.8) is 0 Å². The maximum atomic E-state index is 13.0. The summed E-state index contributed by atoms with van der Waals surface area (Å²) < 4.78 is 9.10. The standard InChI is InChI=1S/C19H27N5O2/c1-3-23-9-6-15(22-23)13-20-18(25)17-14-4-7-19(17,12-14)16-5-8-21-24(16)10-11-26-2/h5-6,8-9,14,17H,3-4,7,10-13H2,1-2H3,(H,20,25). The molecule has 3 unspecified atom stereocenters. The van der Waals surface area contributed by atoms with Crippen molar-refractivity contribution in [3.05, 3.63) is 35.9 Å². The van der Waals surface area contributed by atoms with Crippen LogP contribution in [0, 0.1) is 11.8 Å². The second-order valence-electron chi connectivity index (χ2n) is 7.45. The molecule has 3 saturated carbocycles. The maximum absolute atomic E-state index is 13.0. The van der Waals surface area contributed by atoms with Gasteiger partial charge < -0.3 is 10.1 Å². The fourth-order valence-corrected chi connectivity index (χ4v) is 4.90. The van der Waals surface area contributed by atoms with E-state index in [0.717, 1.165) is 38.0 Å². The zero-order valence-corrected chi connectivity index (χ0v) is 15.5. The normalized spacial score (nSPS) is 26.7. The topological polar surface area (TPSA) is 74.0 Å². The number of amides is 1. The Balaban J connectivity index is 1.46. The largest absolute Gasteiger partial charge is 0.383 e. The van der Waals surface area contributed by atoms with E-state index in [1.807, 2.05) is 27.8 Å². The fourth-order valence-electron chi connectivity index (χ4n) is 4.90. The summed E-state index contributed by atoms with van der Waals surface area (Å²) in [5, 5.41) is 12.0. The molecule has 3 atom stereocenters. The Bertz CT molecular complexity index is 778. The van der Waals surface area contributed by atoms with Crippen LogP contribution >= 0.6 is 0 Å². The van der Waals surface area contributed by atoms with Gasteiger partial charge >= 0.3 is 0 Å². The Morgan fingerprint density at radius 2 is 2.35 bits per heavy atom. The van der Waals surface area contributed by atoms with Gasteiger partial charge in [0.25, 0.3) is 0 Å². The lowest BCUT2D eigenvalue weighted by Crippen LogP contribution is -2.53. The molecule has 140 valence electrons. The summed E-state index contributed by atoms with van der Waals surface area (Å²) >= 11 is 0. The van der Waals surface area contributed by atoms with E-state index < -0.39 is 0 Å². The van der Waals surface area contributed by atoms with Crippen molar-refractivity contribution < 1.29 is 9.53 Å². The van der Waals surface area contributed by atoms with E-state index in [0.29, 0.717) is 19.1 Å². The van der Waals surface area contributed by atoms with Gasteiger partial charge in [0.1, 0.15) is 0 Å². The molecule has 2 bridgehead atoms. The van der Waals surface area contributed by atoms with Crippen LogP contribution in [0.5, 0.6) is 0 Å². The van der Waals surface area contributed by atoms with Crippen molar-refractivity contribution in [2.24, 2.45) is 11.8 Å². The minimum absolute atomic E-state index is 0.0498. The highest BCUT2D eigenvalue weighted by Gasteiger charge is 2.63. The molecule has 2 heterocycles. The minimum Gasteiger partial charge on any atom is -0.383 e. The lowest BCUT2D eigenvalue weighted by molar-refractivity contribution is -0.133. The van der Waals surface area contributed by atoms with E-state index in [1.54, 1.807) is 7.11 Å². The zero-order chi connectivity index (χ0) is 18.1. The van der Waals surface area contributed by atoms with Crippen molar-refractivity contribution in [3.8, 4) is 0 Å². The van der Waals surface area contributed by atoms with Crippen molar-refractivity contribution >= 4 is 5.91 Å². The second-order valence-corrected chi connectivity index (χ2v) is 7.45. The van der Waals surface area contributed by atoms with Gasteiger partial charge in [0.05, 0.1) is 31.3 Å². The van der Waals surface area contributed by atoms with Gasteiger partial charge in [-0.3, -0.25) is 14.2 Å². The quantitative estimate of drug-likeness (QED) is 0.781. The molecule has 26 heavy (non-hydrogen) atoms. The average Bonchev–Trinajstić information content (AvgIpc) is 3.40. The number of hydrogen-bond donors (Lipinski definition) is 1. The number of nitrogens with zero attached hydrogens (tertiary/aromatic N) is 4. The third-order valence-corrected chi connectivity index (χ3v) is 6.13. The van der Waals surface area contributed by atoms with Crippen molar-refractivity contribution in [1.82, 2.24) is 24.9 Å². The van der Waals surface area contributed by atoms with E-state index >= 15 is 0 Å². The van der Waals surface area contributed by atoms with Gasteiger partial charge in [-0.25, -0.2) is 0 Å². The number of ether oxygens (including phenoxy) is 1. The molecule has 0 spiro atoms. The van der Waals surface area contributed by atoms with Gasteiger partial charge in [-0.1, -0.05) is 0 Å². The van der Waals surface area contributed by atoms with Gasteiger partial charge in [-0.15, -0.1) is 0 Å². The molecule has 5 rings (SSSR count). The number of carbonyl (C=O) groups excluding carboxylic acids is 1. The van der Waals surface area contributed by atoms with Crippen LogP contribution in [0.25, 0.3) is 0 Å². The van der Waals surface area contributed by atoms with Crippen molar-refractivity contribution in [2.45, 2.75) is 51.2 Å². The summed E-state index contributed by atoms with van der Waals surface area (Å²) in [5.41, 5.74) is 2.05. The molecule has 2 aromatic rings. The van der Waals surface area contributed by atoms with Crippen molar-refractivity contribution in [1.29, 1.82) is 0 Å². The van der Waals surface area contributed by atoms with E-state index in [-0.39, 0.29) is 17.2 Å². The SMILES string of the molecule is CCn1ccc(CNC(=O)C2C3CCC2(c2ccnn2CCOC)C3)n1. The summed E-state index contributed by atoms with van der Waals surface area (Å²) in [6.45, 7) is 4.75.